The van der Waals surface area contributed by atoms with Gasteiger partial charge in [0.05, 0.1) is 30.2 Å². The zero-order valence-corrected chi connectivity index (χ0v) is 28.8. The van der Waals surface area contributed by atoms with Crippen LogP contribution in [-0.4, -0.2) is 68.3 Å². The zero-order valence-electron chi connectivity index (χ0n) is 28.8. The van der Waals surface area contributed by atoms with Crippen LogP contribution in [0.15, 0.2) is 73.3 Å². The van der Waals surface area contributed by atoms with E-state index in [4.69, 9.17) is 0 Å². The van der Waals surface area contributed by atoms with Crippen LogP contribution >= 0.6 is 0 Å². The molecule has 6 aromatic rings. The summed E-state index contributed by atoms with van der Waals surface area (Å²) in [6, 6.07) is 14.0. The Morgan fingerprint density at radius 1 is 1.04 bits per heavy atom. The highest BCUT2D eigenvalue weighted by Crippen LogP contribution is 2.48. The third-order valence-electron chi connectivity index (χ3n) is 9.07. The predicted molar refractivity (Wildman–Crippen MR) is 184 cm³/mol. The number of aromatic amines is 1. The molecule has 13 nitrogen and oxygen atoms in total. The first-order valence-electron chi connectivity index (χ1n) is 16.7. The number of alkyl halides is 3. The molecule has 1 saturated carbocycles. The number of carbonyl (C=O) groups is 2. The van der Waals surface area contributed by atoms with Gasteiger partial charge in [0.15, 0.2) is 11.3 Å². The Kier molecular flexibility index (Phi) is 8.84. The number of carbonyl (C=O) groups excluding carboxylic acids is 2. The Labute approximate surface area is 296 Å². The maximum Gasteiger partial charge on any atom is 0.435 e. The van der Waals surface area contributed by atoms with Gasteiger partial charge >= 0.3 is 6.18 Å². The van der Waals surface area contributed by atoms with Crippen LogP contribution in [0.1, 0.15) is 48.7 Å². The number of hydrogen-bond acceptors (Lipinski definition) is 8. The summed E-state index contributed by atoms with van der Waals surface area (Å²) in [5.74, 6) is -1.08. The smallest absolute Gasteiger partial charge is 0.348 e. The van der Waals surface area contributed by atoms with Crippen molar-refractivity contribution >= 4 is 22.8 Å². The van der Waals surface area contributed by atoms with Gasteiger partial charge in [0.25, 0.3) is 0 Å². The molecule has 0 unspecified atom stereocenters. The number of nitrogens with one attached hydrogen (secondary N) is 3. The summed E-state index contributed by atoms with van der Waals surface area (Å²) in [6.45, 7) is 5.14. The fourth-order valence-corrected chi connectivity index (χ4v) is 6.38. The molecule has 1 fully saturated rings. The Morgan fingerprint density at radius 2 is 1.83 bits per heavy atom. The van der Waals surface area contributed by atoms with Gasteiger partial charge in [0.1, 0.15) is 11.7 Å². The second-order valence-corrected chi connectivity index (χ2v) is 13.9. The van der Waals surface area contributed by atoms with E-state index < -0.39 is 29.4 Å². The van der Waals surface area contributed by atoms with Crippen LogP contribution < -0.4 is 10.6 Å². The second kappa shape index (κ2) is 13.3. The number of fused-ring (bicyclic) bond motifs is 1. The molecule has 0 saturated heterocycles. The summed E-state index contributed by atoms with van der Waals surface area (Å²) in [5, 5.41) is 24.8. The zero-order chi connectivity index (χ0) is 36.8. The molecule has 0 aliphatic heterocycles. The SMILES string of the molecule is Cc1ccc2cc(-c3ccc([C@H]4C[C@@H]4C(=O)N[C@H](Cc4cnn(C)c4)C(=O)NC(C)(C)Cn4nc(C(F)(F)F)cc4-c4cn[nH]n4)cc3)cnc2n1. The topological polar surface area (TPSA) is 161 Å². The first kappa shape index (κ1) is 34.5. The van der Waals surface area contributed by atoms with Crippen LogP contribution in [0.3, 0.4) is 0 Å². The number of halogens is 3. The van der Waals surface area contributed by atoms with Crippen molar-refractivity contribution in [2.45, 2.75) is 63.8 Å². The summed E-state index contributed by atoms with van der Waals surface area (Å²) in [7, 11) is 1.75. The molecular formula is C36H36F3N11O2. The van der Waals surface area contributed by atoms with Crippen molar-refractivity contribution in [1.82, 2.24) is 55.6 Å². The molecule has 5 heterocycles. The summed E-state index contributed by atoms with van der Waals surface area (Å²) in [6.07, 6.45) is 2.57. The molecule has 268 valence electrons. The molecule has 0 spiro atoms. The van der Waals surface area contributed by atoms with Gasteiger partial charge in [-0.2, -0.15) is 38.8 Å². The molecule has 2 amide bonds. The van der Waals surface area contributed by atoms with Crippen molar-refractivity contribution in [1.29, 1.82) is 0 Å². The van der Waals surface area contributed by atoms with Crippen molar-refractivity contribution < 1.29 is 22.8 Å². The average Bonchev–Trinajstić information content (AvgIpc) is 3.36. The van der Waals surface area contributed by atoms with E-state index in [1.165, 1.54) is 6.20 Å². The van der Waals surface area contributed by atoms with Crippen molar-refractivity contribution in [2.75, 3.05) is 0 Å². The van der Waals surface area contributed by atoms with E-state index in [0.717, 1.165) is 44.1 Å². The highest BCUT2D eigenvalue weighted by molar-refractivity contribution is 5.90. The van der Waals surface area contributed by atoms with Crippen LogP contribution in [0, 0.1) is 12.8 Å². The lowest BCUT2D eigenvalue weighted by atomic mass is 10.0. The molecule has 1 aliphatic rings. The first-order valence-corrected chi connectivity index (χ1v) is 16.7. The fourth-order valence-electron chi connectivity index (χ4n) is 6.38. The van der Waals surface area contributed by atoms with Gasteiger partial charge in [-0.05, 0) is 74.1 Å². The van der Waals surface area contributed by atoms with Crippen molar-refractivity contribution in [2.24, 2.45) is 13.0 Å². The number of benzene rings is 1. The highest BCUT2D eigenvalue weighted by Gasteiger charge is 2.45. The van der Waals surface area contributed by atoms with Crippen LogP contribution in [0.25, 0.3) is 33.5 Å². The Morgan fingerprint density at radius 3 is 2.52 bits per heavy atom. The first-order chi connectivity index (χ1) is 24.7. The van der Waals surface area contributed by atoms with E-state index >= 15 is 0 Å². The van der Waals surface area contributed by atoms with Crippen LogP contribution in [0.4, 0.5) is 13.2 Å². The lowest BCUT2D eigenvalue weighted by Crippen LogP contribution is -2.55. The minimum Gasteiger partial charge on any atom is -0.348 e. The maximum absolute atomic E-state index is 13.8. The van der Waals surface area contributed by atoms with Gasteiger partial charge in [0.2, 0.25) is 11.8 Å². The molecule has 0 bridgehead atoms. The van der Waals surface area contributed by atoms with Crippen molar-refractivity contribution in [3.63, 3.8) is 0 Å². The number of hydrogen-bond donors (Lipinski definition) is 3. The standard InChI is InChI=1S/C36H36F3N11O2/c1-20-5-6-24-12-25(16-40-32(24)43-20)22-7-9-23(10-8-22)26-13-27(26)33(51)44-28(11-21-15-42-49(4)18-21)34(52)45-35(2,3)19-50-30(29-17-41-48-46-29)14-31(47-50)36(37,38)39/h5-10,12,14-18,26-28H,11,13,19H2,1-4H3,(H,44,51)(H,45,52)(H,41,46,48)/t26-,27+,28-/m1/s1. The van der Waals surface area contributed by atoms with Gasteiger partial charge in [-0.3, -0.25) is 19.0 Å². The number of rotatable bonds is 11. The summed E-state index contributed by atoms with van der Waals surface area (Å²) in [5.41, 5.74) is 3.36. The maximum atomic E-state index is 13.8. The van der Waals surface area contributed by atoms with E-state index in [2.05, 4.69) is 52.3 Å². The molecule has 3 atom stereocenters. The minimum atomic E-state index is -4.69. The molecule has 7 rings (SSSR count). The average molecular weight is 712 g/mol. The summed E-state index contributed by atoms with van der Waals surface area (Å²) >= 11 is 0. The van der Waals surface area contributed by atoms with E-state index in [0.29, 0.717) is 12.1 Å². The second-order valence-electron chi connectivity index (χ2n) is 13.9. The minimum absolute atomic E-state index is 0.00732. The summed E-state index contributed by atoms with van der Waals surface area (Å²) < 4.78 is 43.6. The third-order valence-corrected chi connectivity index (χ3v) is 9.07. The van der Waals surface area contributed by atoms with Gasteiger partial charge in [-0.25, -0.2) is 9.97 Å². The lowest BCUT2D eigenvalue weighted by Gasteiger charge is -2.29. The molecule has 1 aliphatic carbocycles. The quantitative estimate of drug-likeness (QED) is 0.173. The lowest BCUT2D eigenvalue weighted by molar-refractivity contribution is -0.141. The van der Waals surface area contributed by atoms with Gasteiger partial charge in [0, 0.05) is 48.4 Å². The Bertz CT molecular complexity index is 2240. The molecule has 16 heteroatoms. The normalized spacial score (nSPS) is 16.5. The predicted octanol–water partition coefficient (Wildman–Crippen LogP) is 4.77. The van der Waals surface area contributed by atoms with Gasteiger partial charge in [-0.15, -0.1) is 0 Å². The number of nitrogens with zero attached hydrogens (tertiary/aromatic N) is 8. The third kappa shape index (κ3) is 7.55. The van der Waals surface area contributed by atoms with E-state index in [-0.39, 0.29) is 42.1 Å². The molecular weight excluding hydrogens is 675 g/mol. The van der Waals surface area contributed by atoms with Crippen LogP contribution in [0.2, 0.25) is 0 Å². The van der Waals surface area contributed by atoms with Crippen molar-refractivity contribution in [3.8, 4) is 22.5 Å². The monoisotopic (exact) mass is 711 g/mol. The van der Waals surface area contributed by atoms with E-state index in [1.807, 2.05) is 43.3 Å². The number of pyridine rings is 2. The molecule has 0 radical (unpaired) electrons. The highest BCUT2D eigenvalue weighted by atomic mass is 19.4. The van der Waals surface area contributed by atoms with Crippen molar-refractivity contribution in [3.05, 3.63) is 95.8 Å². The fraction of sp³-hybridized carbons (Fsp3) is 0.333. The van der Waals surface area contributed by atoms with Gasteiger partial charge in [-0.1, -0.05) is 24.3 Å². The summed E-state index contributed by atoms with van der Waals surface area (Å²) in [4.78, 5) is 36.4. The Hall–Kier alpha value is -5.93. The molecule has 1 aromatic carbocycles. The number of aromatic nitrogens is 9. The molecule has 3 N–H and O–H groups in total. The largest absolute Gasteiger partial charge is 0.435 e. The number of aryl methyl sites for hydroxylation is 2. The molecule has 5 aromatic heterocycles. The van der Waals surface area contributed by atoms with Crippen LogP contribution in [0.5, 0.6) is 0 Å². The van der Waals surface area contributed by atoms with E-state index in [1.54, 1.807) is 44.2 Å². The number of amides is 2. The van der Waals surface area contributed by atoms with Crippen LogP contribution in [-0.2, 0) is 35.8 Å². The van der Waals surface area contributed by atoms with E-state index in [9.17, 15) is 22.8 Å². The Balaban J connectivity index is 1.04. The molecule has 52 heavy (non-hydrogen) atoms. The number of H-pyrrole nitrogens is 1. The van der Waals surface area contributed by atoms with Gasteiger partial charge < -0.3 is 10.6 Å².